The molecule has 2 amide bonds. The van der Waals surface area contributed by atoms with Gasteiger partial charge in [-0.15, -0.1) is 0 Å². The van der Waals surface area contributed by atoms with Gasteiger partial charge in [-0.3, -0.25) is 9.47 Å². The summed E-state index contributed by atoms with van der Waals surface area (Å²) in [5.74, 6) is 0.819. The number of ether oxygens (including phenoxy) is 2. The van der Waals surface area contributed by atoms with E-state index in [0.29, 0.717) is 42.5 Å². The number of piperidine rings is 1. The third kappa shape index (κ3) is 6.08. The average Bonchev–Trinajstić information content (AvgIpc) is 3.17. The number of fused-ring (bicyclic) bond motifs is 1. The number of hydrogen-bond acceptors (Lipinski definition) is 6. The molecule has 1 saturated heterocycles. The normalized spacial score (nSPS) is 16.3. The van der Waals surface area contributed by atoms with Crippen LogP contribution < -0.4 is 21.5 Å². The van der Waals surface area contributed by atoms with Crippen molar-refractivity contribution in [3.63, 3.8) is 0 Å². The van der Waals surface area contributed by atoms with Crippen LogP contribution in [0.4, 0.5) is 9.59 Å². The molecule has 1 aliphatic rings. The van der Waals surface area contributed by atoms with E-state index in [1.807, 2.05) is 25.1 Å². The zero-order valence-corrected chi connectivity index (χ0v) is 21.7. The maximum Gasteiger partial charge on any atom is 0.404 e. The molecule has 10 nitrogen and oxygen atoms in total. The number of likely N-dealkylation sites (tertiary alicyclic amines) is 1. The van der Waals surface area contributed by atoms with Gasteiger partial charge < -0.3 is 20.5 Å². The summed E-state index contributed by atoms with van der Waals surface area (Å²) in [5.41, 5.74) is 6.23. The topological polar surface area (TPSA) is 121 Å². The van der Waals surface area contributed by atoms with Crippen molar-refractivity contribution in [2.75, 3.05) is 19.6 Å². The van der Waals surface area contributed by atoms with Gasteiger partial charge in [-0.2, -0.15) is 0 Å². The minimum Gasteiger partial charge on any atom is -0.471 e. The van der Waals surface area contributed by atoms with Crippen molar-refractivity contribution >= 4 is 34.8 Å². The van der Waals surface area contributed by atoms with Crippen molar-refractivity contribution in [2.24, 2.45) is 11.7 Å². The van der Waals surface area contributed by atoms with E-state index in [0.717, 1.165) is 18.4 Å². The quantitative estimate of drug-likeness (QED) is 0.459. The SMILES string of the molecule is CCn1c(=O)n(C(=O)NCC2CCN(C(Oc3ccc(Cl)cc3)C(C)OC(N)=O)CC2)c2ccccc21. The standard InChI is InChI=1S/C26H32ClN5O5/c1-3-31-21-6-4-5-7-22(21)32(26(31)35)25(34)29-16-18-12-14-30(15-13-18)23(17(2)36-24(28)33)37-20-10-8-19(27)9-11-20/h4-11,17-18,23H,3,12-16H2,1-2H3,(H2,28,33)(H,29,34). The van der Waals surface area contributed by atoms with Crippen molar-refractivity contribution in [1.82, 2.24) is 19.4 Å². The Hall–Kier alpha value is -3.50. The maximum absolute atomic E-state index is 13.0. The minimum atomic E-state index is -0.866. The van der Waals surface area contributed by atoms with Crippen LogP contribution in [0.25, 0.3) is 11.0 Å². The Morgan fingerprint density at radius 1 is 1.11 bits per heavy atom. The van der Waals surface area contributed by atoms with Gasteiger partial charge in [-0.05, 0) is 69.0 Å². The molecule has 4 rings (SSSR count). The molecular formula is C26H32ClN5O5. The molecule has 3 N–H and O–H groups in total. The van der Waals surface area contributed by atoms with Crippen molar-refractivity contribution in [1.29, 1.82) is 0 Å². The molecule has 37 heavy (non-hydrogen) atoms. The van der Waals surface area contributed by atoms with E-state index in [4.69, 9.17) is 26.8 Å². The van der Waals surface area contributed by atoms with Crippen LogP contribution in [0.2, 0.25) is 5.02 Å². The molecule has 0 saturated carbocycles. The number of rotatable bonds is 8. The molecule has 0 bridgehead atoms. The first-order chi connectivity index (χ1) is 17.8. The first kappa shape index (κ1) is 26.6. The summed E-state index contributed by atoms with van der Waals surface area (Å²) in [4.78, 5) is 39.3. The van der Waals surface area contributed by atoms with Gasteiger partial charge in [0.15, 0.2) is 12.3 Å². The van der Waals surface area contributed by atoms with Crippen LogP contribution in [0.1, 0.15) is 26.7 Å². The molecule has 3 aromatic rings. The van der Waals surface area contributed by atoms with Crippen LogP contribution in [-0.4, -0.2) is 58.1 Å². The van der Waals surface area contributed by atoms with E-state index in [1.165, 1.54) is 4.57 Å². The van der Waals surface area contributed by atoms with E-state index in [-0.39, 0.29) is 11.6 Å². The summed E-state index contributed by atoms with van der Waals surface area (Å²) in [7, 11) is 0. The minimum absolute atomic E-state index is 0.221. The van der Waals surface area contributed by atoms with Crippen LogP contribution in [0.5, 0.6) is 5.75 Å². The summed E-state index contributed by atoms with van der Waals surface area (Å²) >= 11 is 5.98. The van der Waals surface area contributed by atoms with Crippen molar-refractivity contribution in [3.8, 4) is 5.75 Å². The molecule has 0 spiro atoms. The van der Waals surface area contributed by atoms with Gasteiger partial charge in [-0.1, -0.05) is 23.7 Å². The Bertz CT molecular complexity index is 1300. The molecule has 2 atom stereocenters. The summed E-state index contributed by atoms with van der Waals surface area (Å²) in [6.07, 6.45) is -0.435. The number of aryl methyl sites for hydroxylation is 1. The Kier molecular flexibility index (Phi) is 8.40. The number of halogens is 1. The molecule has 1 fully saturated rings. The van der Waals surface area contributed by atoms with Gasteiger partial charge in [0.25, 0.3) is 0 Å². The zero-order valence-electron chi connectivity index (χ0n) is 20.9. The van der Waals surface area contributed by atoms with Crippen molar-refractivity contribution in [3.05, 3.63) is 64.0 Å². The number of para-hydroxylation sites is 2. The van der Waals surface area contributed by atoms with Gasteiger partial charge in [0, 0.05) is 31.2 Å². The Morgan fingerprint density at radius 2 is 1.76 bits per heavy atom. The summed E-state index contributed by atoms with van der Waals surface area (Å²) in [5, 5.41) is 3.53. The number of benzene rings is 2. The van der Waals surface area contributed by atoms with E-state index in [2.05, 4.69) is 10.2 Å². The lowest BCUT2D eigenvalue weighted by molar-refractivity contribution is -0.0728. The lowest BCUT2D eigenvalue weighted by Gasteiger charge is -2.39. The highest BCUT2D eigenvalue weighted by atomic mass is 35.5. The van der Waals surface area contributed by atoms with Gasteiger partial charge in [-0.25, -0.2) is 19.0 Å². The molecule has 1 aromatic heterocycles. The Balaban J connectivity index is 1.38. The predicted octanol–water partition coefficient (Wildman–Crippen LogP) is 3.63. The predicted molar refractivity (Wildman–Crippen MR) is 141 cm³/mol. The monoisotopic (exact) mass is 529 g/mol. The molecule has 198 valence electrons. The van der Waals surface area contributed by atoms with Crippen molar-refractivity contribution in [2.45, 2.75) is 45.6 Å². The first-order valence-corrected chi connectivity index (χ1v) is 12.8. The summed E-state index contributed by atoms with van der Waals surface area (Å²) < 4.78 is 14.2. The second-order valence-corrected chi connectivity index (χ2v) is 9.56. The largest absolute Gasteiger partial charge is 0.471 e. The van der Waals surface area contributed by atoms with Crippen LogP contribution in [-0.2, 0) is 11.3 Å². The number of imidazole rings is 1. The van der Waals surface area contributed by atoms with Gasteiger partial charge in [0.05, 0.1) is 11.0 Å². The number of nitrogens with zero attached hydrogens (tertiary/aromatic N) is 3. The molecular weight excluding hydrogens is 498 g/mol. The number of aromatic nitrogens is 2. The number of carbonyl (C=O) groups is 2. The first-order valence-electron chi connectivity index (χ1n) is 12.4. The third-order valence-corrected chi connectivity index (χ3v) is 6.93. The summed E-state index contributed by atoms with van der Waals surface area (Å²) in [6.45, 7) is 5.88. The van der Waals surface area contributed by atoms with Gasteiger partial charge >= 0.3 is 17.8 Å². The van der Waals surface area contributed by atoms with Crippen LogP contribution in [0, 0.1) is 5.92 Å². The number of primary amides is 1. The second-order valence-electron chi connectivity index (χ2n) is 9.12. The zero-order chi connectivity index (χ0) is 26.5. The smallest absolute Gasteiger partial charge is 0.404 e. The van der Waals surface area contributed by atoms with Crippen LogP contribution >= 0.6 is 11.6 Å². The number of nitrogens with two attached hydrogens (primary N) is 1. The van der Waals surface area contributed by atoms with E-state index < -0.39 is 24.5 Å². The molecule has 2 aromatic carbocycles. The van der Waals surface area contributed by atoms with Crippen molar-refractivity contribution < 1.29 is 19.1 Å². The molecule has 2 heterocycles. The highest BCUT2D eigenvalue weighted by Gasteiger charge is 2.32. The number of nitrogens with one attached hydrogen (secondary N) is 1. The number of amides is 2. The maximum atomic E-state index is 13.0. The van der Waals surface area contributed by atoms with Gasteiger partial charge in [0.2, 0.25) is 0 Å². The van der Waals surface area contributed by atoms with E-state index >= 15 is 0 Å². The lowest BCUT2D eigenvalue weighted by Crippen LogP contribution is -2.52. The summed E-state index contributed by atoms with van der Waals surface area (Å²) in [6, 6.07) is 13.8. The molecule has 0 radical (unpaired) electrons. The molecule has 0 aliphatic carbocycles. The fourth-order valence-electron chi connectivity index (χ4n) is 4.79. The van der Waals surface area contributed by atoms with E-state index in [1.54, 1.807) is 41.8 Å². The highest BCUT2D eigenvalue weighted by Crippen LogP contribution is 2.24. The number of carbonyl (C=O) groups excluding carboxylic acids is 2. The third-order valence-electron chi connectivity index (χ3n) is 6.68. The fourth-order valence-corrected chi connectivity index (χ4v) is 4.92. The Labute approximate surface area is 219 Å². The highest BCUT2D eigenvalue weighted by molar-refractivity contribution is 6.30. The van der Waals surface area contributed by atoms with Gasteiger partial charge in [0.1, 0.15) is 5.75 Å². The molecule has 11 heteroatoms. The van der Waals surface area contributed by atoms with Crippen LogP contribution in [0.15, 0.2) is 53.3 Å². The van der Waals surface area contributed by atoms with Crippen LogP contribution in [0.3, 0.4) is 0 Å². The second kappa shape index (κ2) is 11.7. The lowest BCUT2D eigenvalue weighted by atomic mass is 9.96. The Morgan fingerprint density at radius 3 is 2.38 bits per heavy atom. The number of hydrogen-bond donors (Lipinski definition) is 2. The van der Waals surface area contributed by atoms with E-state index in [9.17, 15) is 14.4 Å². The average molecular weight is 530 g/mol. The molecule has 1 aliphatic heterocycles. The fraction of sp³-hybridized carbons (Fsp3) is 0.423. The molecule has 2 unspecified atom stereocenters.